The summed E-state index contributed by atoms with van der Waals surface area (Å²) in [4.78, 5) is 11.9. The molecule has 0 aromatic heterocycles. The Morgan fingerprint density at radius 3 is 2.68 bits per heavy atom. The van der Waals surface area contributed by atoms with Gasteiger partial charge >= 0.3 is 0 Å². The highest BCUT2D eigenvalue weighted by molar-refractivity contribution is 7.90. The second kappa shape index (κ2) is 5.30. The Labute approximate surface area is 116 Å². The maximum absolute atomic E-state index is 11.9. The van der Waals surface area contributed by atoms with Crippen molar-refractivity contribution in [2.45, 2.75) is 19.8 Å². The van der Waals surface area contributed by atoms with E-state index in [1.54, 1.807) is 18.3 Å². The van der Waals surface area contributed by atoms with E-state index in [9.17, 15) is 13.2 Å². The first-order chi connectivity index (χ1) is 8.93. The van der Waals surface area contributed by atoms with Crippen molar-refractivity contribution in [3.63, 3.8) is 0 Å². The van der Waals surface area contributed by atoms with Gasteiger partial charge in [0.25, 0.3) is 0 Å². The number of amides is 1. The van der Waals surface area contributed by atoms with Crippen molar-refractivity contribution in [1.82, 2.24) is 4.72 Å². The number of carbonyl (C=O) groups is 1. The molecule has 0 fully saturated rings. The molecule has 19 heavy (non-hydrogen) atoms. The van der Waals surface area contributed by atoms with Crippen LogP contribution in [0.25, 0.3) is 11.1 Å². The minimum absolute atomic E-state index is 0.101. The number of carbonyl (C=O) groups excluding carboxylic acids is 1. The van der Waals surface area contributed by atoms with E-state index >= 15 is 0 Å². The fraction of sp³-hybridized carbons (Fsp3) is 0.308. The van der Waals surface area contributed by atoms with Gasteiger partial charge in [0.2, 0.25) is 15.9 Å². The van der Waals surface area contributed by atoms with Crippen molar-refractivity contribution in [2.24, 2.45) is 0 Å². The first kappa shape index (κ1) is 14.0. The summed E-state index contributed by atoms with van der Waals surface area (Å²) in [7, 11) is -3.50. The molecule has 1 unspecified atom stereocenters. The molecule has 0 saturated heterocycles. The van der Waals surface area contributed by atoms with Gasteiger partial charge in [-0.25, -0.2) is 8.42 Å². The Morgan fingerprint density at radius 1 is 1.37 bits per heavy atom. The van der Waals surface area contributed by atoms with Crippen molar-refractivity contribution >= 4 is 27.3 Å². The van der Waals surface area contributed by atoms with Gasteiger partial charge in [-0.15, -0.1) is 0 Å². The fourth-order valence-corrected chi connectivity index (χ4v) is 3.04. The zero-order valence-electron chi connectivity index (χ0n) is 10.7. The van der Waals surface area contributed by atoms with Gasteiger partial charge in [-0.2, -0.15) is 11.3 Å². The fourth-order valence-electron chi connectivity index (χ4n) is 1.75. The number of fused-ring (bicyclic) bond motifs is 1. The summed E-state index contributed by atoms with van der Waals surface area (Å²) in [5.41, 5.74) is 2.96. The predicted octanol–water partition coefficient (Wildman–Crippen LogP) is 2.42. The lowest BCUT2D eigenvalue weighted by Crippen LogP contribution is -2.34. The Morgan fingerprint density at radius 2 is 2.05 bits per heavy atom. The summed E-state index contributed by atoms with van der Waals surface area (Å²) >= 11 is 1.58. The molecule has 0 aromatic carbocycles. The van der Waals surface area contributed by atoms with E-state index in [0.29, 0.717) is 0 Å². The van der Waals surface area contributed by atoms with Crippen LogP contribution in [0.1, 0.15) is 25.3 Å². The monoisotopic (exact) mass is 297 g/mol. The van der Waals surface area contributed by atoms with E-state index in [-0.39, 0.29) is 5.75 Å². The van der Waals surface area contributed by atoms with Gasteiger partial charge in [0.15, 0.2) is 0 Å². The van der Waals surface area contributed by atoms with Crippen LogP contribution in [0.15, 0.2) is 29.0 Å². The average Bonchev–Trinajstić information content (AvgIpc) is 2.81. The molecule has 1 N–H and O–H groups in total. The normalized spacial score (nSPS) is 13.4. The van der Waals surface area contributed by atoms with E-state index in [0.717, 1.165) is 16.7 Å². The van der Waals surface area contributed by atoms with Crippen LogP contribution in [-0.4, -0.2) is 20.1 Å². The standard InChI is InChI=1S/C13H15NO3S2/c1-3-19(16,17)14-13(15)9(2)11-6-10-4-5-18-8-12(10)7-11/h4-9H,3H2,1-2H3,(H,14,15). The number of hydrogen-bond donors (Lipinski definition) is 1. The van der Waals surface area contributed by atoms with Crippen LogP contribution in [0.2, 0.25) is 0 Å². The number of nitrogens with one attached hydrogen (secondary N) is 1. The van der Waals surface area contributed by atoms with Crippen LogP contribution in [0.3, 0.4) is 0 Å². The van der Waals surface area contributed by atoms with Crippen molar-refractivity contribution in [1.29, 1.82) is 0 Å². The zero-order valence-corrected chi connectivity index (χ0v) is 12.3. The van der Waals surface area contributed by atoms with Gasteiger partial charge < -0.3 is 0 Å². The van der Waals surface area contributed by atoms with Gasteiger partial charge in [0.05, 0.1) is 11.7 Å². The van der Waals surface area contributed by atoms with Crippen molar-refractivity contribution < 1.29 is 13.2 Å². The summed E-state index contributed by atoms with van der Waals surface area (Å²) in [5.74, 6) is -1.07. The van der Waals surface area contributed by atoms with Crippen molar-refractivity contribution in [2.75, 3.05) is 5.75 Å². The van der Waals surface area contributed by atoms with Crippen LogP contribution in [0.5, 0.6) is 0 Å². The number of sulfonamides is 1. The zero-order chi connectivity index (χ0) is 14.0. The Kier molecular flexibility index (Phi) is 3.91. The summed E-state index contributed by atoms with van der Waals surface area (Å²) in [6, 6.07) is 5.83. The molecular formula is C13H15NO3S2. The second-order valence-electron chi connectivity index (χ2n) is 4.35. The molecular weight excluding hydrogens is 282 g/mol. The van der Waals surface area contributed by atoms with Crippen LogP contribution >= 0.6 is 11.3 Å². The summed E-state index contributed by atoms with van der Waals surface area (Å²) in [6.45, 7) is 3.20. The largest absolute Gasteiger partial charge is 0.273 e. The molecule has 0 radical (unpaired) electrons. The lowest BCUT2D eigenvalue weighted by molar-refractivity contribution is -0.120. The highest BCUT2D eigenvalue weighted by atomic mass is 32.2. The first-order valence-electron chi connectivity index (χ1n) is 5.93. The summed E-state index contributed by atoms with van der Waals surface area (Å²) in [6.07, 6.45) is 0. The quantitative estimate of drug-likeness (QED) is 0.942. The third-order valence-electron chi connectivity index (χ3n) is 3.03. The predicted molar refractivity (Wildman–Crippen MR) is 77.0 cm³/mol. The van der Waals surface area contributed by atoms with Gasteiger partial charge in [0.1, 0.15) is 0 Å². The molecule has 6 heteroatoms. The minimum Gasteiger partial charge on any atom is -0.273 e. The summed E-state index contributed by atoms with van der Waals surface area (Å²) < 4.78 is 24.9. The molecule has 1 atom stereocenters. The topological polar surface area (TPSA) is 63.2 Å². The van der Waals surface area contributed by atoms with E-state index in [1.807, 2.05) is 29.0 Å². The molecule has 102 valence electrons. The molecule has 1 aliphatic heterocycles. The Bertz CT molecular complexity index is 630. The van der Waals surface area contributed by atoms with Crippen LogP contribution in [-0.2, 0) is 14.8 Å². The highest BCUT2D eigenvalue weighted by Crippen LogP contribution is 2.31. The number of rotatable bonds is 4. The second-order valence-corrected chi connectivity index (χ2v) is 7.14. The number of hydrogen-bond acceptors (Lipinski definition) is 4. The third-order valence-corrected chi connectivity index (χ3v) is 4.98. The molecule has 0 spiro atoms. The van der Waals surface area contributed by atoms with Gasteiger partial charge in [-0.3, -0.25) is 9.52 Å². The molecule has 1 heterocycles. The maximum atomic E-state index is 11.9. The van der Waals surface area contributed by atoms with Gasteiger partial charge in [-0.05, 0) is 53.4 Å². The van der Waals surface area contributed by atoms with Crippen LogP contribution < -0.4 is 4.72 Å². The minimum atomic E-state index is -3.50. The molecule has 2 aliphatic rings. The Hall–Kier alpha value is -1.40. The van der Waals surface area contributed by atoms with Crippen LogP contribution in [0, 0.1) is 0 Å². The molecule has 2 rings (SSSR count). The lowest BCUT2D eigenvalue weighted by atomic mass is 10.0. The molecule has 1 amide bonds. The Balaban J connectivity index is 2.22. The molecule has 0 saturated carbocycles. The van der Waals surface area contributed by atoms with Crippen LogP contribution in [0.4, 0.5) is 0 Å². The van der Waals surface area contributed by atoms with E-state index < -0.39 is 21.8 Å². The van der Waals surface area contributed by atoms with E-state index in [2.05, 4.69) is 4.72 Å². The van der Waals surface area contributed by atoms with Crippen molar-refractivity contribution in [3.05, 3.63) is 34.5 Å². The van der Waals surface area contributed by atoms with Gasteiger partial charge in [0, 0.05) is 0 Å². The molecule has 1 aliphatic carbocycles. The molecule has 0 aromatic rings. The van der Waals surface area contributed by atoms with Gasteiger partial charge in [-0.1, -0.05) is 6.07 Å². The van der Waals surface area contributed by atoms with E-state index in [1.165, 1.54) is 6.92 Å². The highest BCUT2D eigenvalue weighted by Gasteiger charge is 2.21. The maximum Gasteiger partial charge on any atom is 0.240 e. The van der Waals surface area contributed by atoms with E-state index in [4.69, 9.17) is 0 Å². The molecule has 4 nitrogen and oxygen atoms in total. The lowest BCUT2D eigenvalue weighted by Gasteiger charge is -2.10. The SMILES string of the molecule is CCS(=O)(=O)NC(=O)C(C)c1cc2ccscc-2c1. The molecule has 0 bridgehead atoms. The third kappa shape index (κ3) is 3.13. The smallest absolute Gasteiger partial charge is 0.240 e. The first-order valence-corrected chi connectivity index (χ1v) is 8.52. The summed E-state index contributed by atoms with van der Waals surface area (Å²) in [5, 5.41) is 3.98. The van der Waals surface area contributed by atoms with Crippen molar-refractivity contribution in [3.8, 4) is 11.1 Å². The average molecular weight is 297 g/mol.